The number of carboxylic acids is 1. The van der Waals surface area contributed by atoms with Crippen molar-refractivity contribution in [3.63, 3.8) is 0 Å². The van der Waals surface area contributed by atoms with E-state index in [2.05, 4.69) is 9.97 Å². The Labute approximate surface area is 88.1 Å². The van der Waals surface area contributed by atoms with Crippen molar-refractivity contribution in [2.45, 2.75) is 33.8 Å². The van der Waals surface area contributed by atoms with Crippen LogP contribution in [-0.4, -0.2) is 27.1 Å². The van der Waals surface area contributed by atoms with Gasteiger partial charge in [0.1, 0.15) is 0 Å². The number of hydrogen-bond donors (Lipinski definition) is 1. The standard InChI is InChI=1S/C10H14N2O3/c1-5-6(2)11-10(12-7(5)3)15-8(4)9(13)14/h8H,1-4H3,(H,13,14). The average Bonchev–Trinajstić information content (AvgIpc) is 2.13. The lowest BCUT2D eigenvalue weighted by molar-refractivity contribution is -0.144. The molecule has 1 atom stereocenters. The summed E-state index contributed by atoms with van der Waals surface area (Å²) in [5.41, 5.74) is 2.59. The van der Waals surface area contributed by atoms with Crippen molar-refractivity contribution in [3.05, 3.63) is 17.0 Å². The van der Waals surface area contributed by atoms with Crippen LogP contribution < -0.4 is 4.74 Å². The first-order chi connectivity index (χ1) is 6.91. The van der Waals surface area contributed by atoms with Gasteiger partial charge in [0.2, 0.25) is 0 Å². The van der Waals surface area contributed by atoms with Crippen LogP contribution in [-0.2, 0) is 4.79 Å². The molecule has 5 nitrogen and oxygen atoms in total. The van der Waals surface area contributed by atoms with Crippen LogP contribution >= 0.6 is 0 Å². The fourth-order valence-corrected chi connectivity index (χ4v) is 1.00. The zero-order valence-electron chi connectivity index (χ0n) is 9.24. The summed E-state index contributed by atoms with van der Waals surface area (Å²) >= 11 is 0. The van der Waals surface area contributed by atoms with E-state index in [0.29, 0.717) is 0 Å². The molecule has 0 aliphatic rings. The van der Waals surface area contributed by atoms with Gasteiger partial charge >= 0.3 is 12.0 Å². The minimum atomic E-state index is -1.03. The van der Waals surface area contributed by atoms with Crippen molar-refractivity contribution in [3.8, 4) is 6.01 Å². The summed E-state index contributed by atoms with van der Waals surface area (Å²) in [6.07, 6.45) is -0.938. The Balaban J connectivity index is 2.92. The third-order valence-electron chi connectivity index (χ3n) is 2.24. The first-order valence-electron chi connectivity index (χ1n) is 4.63. The fourth-order valence-electron chi connectivity index (χ4n) is 1.00. The predicted octanol–water partition coefficient (Wildman–Crippen LogP) is 1.25. The summed E-state index contributed by atoms with van der Waals surface area (Å²) in [6.45, 7) is 7.02. The number of nitrogens with zero attached hydrogens (tertiary/aromatic N) is 2. The lowest BCUT2D eigenvalue weighted by Gasteiger charge is -2.10. The second-order valence-corrected chi connectivity index (χ2v) is 3.40. The maximum absolute atomic E-state index is 10.6. The molecule has 1 heterocycles. The van der Waals surface area contributed by atoms with Gasteiger partial charge in [0, 0.05) is 11.4 Å². The number of ether oxygens (including phenoxy) is 1. The molecular weight excluding hydrogens is 196 g/mol. The van der Waals surface area contributed by atoms with Crippen LogP contribution in [0.2, 0.25) is 0 Å². The van der Waals surface area contributed by atoms with Crippen LogP contribution in [0.15, 0.2) is 0 Å². The molecule has 0 saturated heterocycles. The SMILES string of the molecule is Cc1nc(OC(C)C(=O)O)nc(C)c1C. The summed E-state index contributed by atoms with van der Waals surface area (Å²) in [4.78, 5) is 18.7. The number of hydrogen-bond acceptors (Lipinski definition) is 4. The average molecular weight is 210 g/mol. The topological polar surface area (TPSA) is 72.3 Å². The highest BCUT2D eigenvalue weighted by Crippen LogP contribution is 2.13. The van der Waals surface area contributed by atoms with E-state index >= 15 is 0 Å². The number of carbonyl (C=O) groups is 1. The van der Waals surface area contributed by atoms with Crippen LogP contribution in [0, 0.1) is 20.8 Å². The Morgan fingerprint density at radius 3 is 2.13 bits per heavy atom. The van der Waals surface area contributed by atoms with Crippen molar-refractivity contribution in [2.24, 2.45) is 0 Å². The highest BCUT2D eigenvalue weighted by Gasteiger charge is 2.15. The van der Waals surface area contributed by atoms with Gasteiger partial charge in [-0.05, 0) is 33.3 Å². The fraction of sp³-hybridized carbons (Fsp3) is 0.500. The maximum Gasteiger partial charge on any atom is 0.344 e. The van der Waals surface area contributed by atoms with E-state index in [0.717, 1.165) is 17.0 Å². The minimum absolute atomic E-state index is 0.116. The third-order valence-corrected chi connectivity index (χ3v) is 2.24. The van der Waals surface area contributed by atoms with Crippen LogP contribution in [0.3, 0.4) is 0 Å². The summed E-state index contributed by atoms with van der Waals surface area (Å²) in [6, 6.07) is 0.116. The van der Waals surface area contributed by atoms with E-state index < -0.39 is 12.1 Å². The molecule has 15 heavy (non-hydrogen) atoms. The van der Waals surface area contributed by atoms with Gasteiger partial charge in [-0.15, -0.1) is 0 Å². The molecule has 0 saturated carbocycles. The van der Waals surface area contributed by atoms with Gasteiger partial charge in [0.05, 0.1) is 0 Å². The Morgan fingerprint density at radius 2 is 1.73 bits per heavy atom. The molecule has 0 aromatic carbocycles. The van der Waals surface area contributed by atoms with Crippen molar-refractivity contribution in [2.75, 3.05) is 0 Å². The van der Waals surface area contributed by atoms with Gasteiger partial charge in [0.15, 0.2) is 6.10 Å². The van der Waals surface area contributed by atoms with E-state index in [1.807, 2.05) is 20.8 Å². The van der Waals surface area contributed by atoms with Gasteiger partial charge in [-0.2, -0.15) is 0 Å². The van der Waals surface area contributed by atoms with Gasteiger partial charge in [-0.3, -0.25) is 0 Å². The third kappa shape index (κ3) is 2.65. The van der Waals surface area contributed by atoms with E-state index in [9.17, 15) is 4.79 Å². The molecule has 0 aliphatic heterocycles. The second kappa shape index (κ2) is 4.25. The lowest BCUT2D eigenvalue weighted by Crippen LogP contribution is -2.24. The smallest absolute Gasteiger partial charge is 0.344 e. The Morgan fingerprint density at radius 1 is 1.27 bits per heavy atom. The molecule has 0 bridgehead atoms. The van der Waals surface area contributed by atoms with E-state index in [1.54, 1.807) is 0 Å². The largest absolute Gasteiger partial charge is 0.479 e. The van der Waals surface area contributed by atoms with Crippen molar-refractivity contribution in [1.82, 2.24) is 9.97 Å². The minimum Gasteiger partial charge on any atom is -0.479 e. The quantitative estimate of drug-likeness (QED) is 0.812. The van der Waals surface area contributed by atoms with Crippen molar-refractivity contribution in [1.29, 1.82) is 0 Å². The molecule has 0 fully saturated rings. The lowest BCUT2D eigenvalue weighted by atomic mass is 10.2. The van der Waals surface area contributed by atoms with Gasteiger partial charge in [0.25, 0.3) is 0 Å². The van der Waals surface area contributed by atoms with Crippen LogP contribution in [0.25, 0.3) is 0 Å². The van der Waals surface area contributed by atoms with E-state index in [-0.39, 0.29) is 6.01 Å². The highest BCUT2D eigenvalue weighted by atomic mass is 16.5. The van der Waals surface area contributed by atoms with Gasteiger partial charge in [-0.1, -0.05) is 0 Å². The molecule has 5 heteroatoms. The zero-order valence-corrected chi connectivity index (χ0v) is 9.24. The molecule has 0 amide bonds. The molecule has 0 spiro atoms. The van der Waals surface area contributed by atoms with Gasteiger partial charge < -0.3 is 9.84 Å². The molecule has 1 N–H and O–H groups in total. The molecule has 1 unspecified atom stereocenters. The van der Waals surface area contributed by atoms with Crippen LogP contribution in [0.5, 0.6) is 6.01 Å². The molecule has 1 rings (SSSR count). The molecule has 0 aliphatic carbocycles. The second-order valence-electron chi connectivity index (χ2n) is 3.40. The summed E-state index contributed by atoms with van der Waals surface area (Å²) < 4.78 is 5.07. The first kappa shape index (κ1) is 11.4. The molecule has 82 valence electrons. The Hall–Kier alpha value is -1.65. The van der Waals surface area contributed by atoms with Crippen molar-refractivity contribution >= 4 is 5.97 Å². The Bertz CT molecular complexity index is 367. The molecule has 0 radical (unpaired) electrons. The highest BCUT2D eigenvalue weighted by molar-refractivity contribution is 5.72. The number of aryl methyl sites for hydroxylation is 2. The molecular formula is C10H14N2O3. The van der Waals surface area contributed by atoms with Crippen LogP contribution in [0.1, 0.15) is 23.9 Å². The maximum atomic E-state index is 10.6. The van der Waals surface area contributed by atoms with Crippen LogP contribution in [0.4, 0.5) is 0 Å². The number of rotatable bonds is 3. The van der Waals surface area contributed by atoms with Gasteiger partial charge in [-0.25, -0.2) is 14.8 Å². The number of carboxylic acid groups (broad SMARTS) is 1. The predicted molar refractivity (Wildman–Crippen MR) is 54.0 cm³/mol. The molecule has 1 aromatic heterocycles. The first-order valence-corrected chi connectivity index (χ1v) is 4.63. The summed E-state index contributed by atoms with van der Waals surface area (Å²) in [5, 5.41) is 8.66. The zero-order chi connectivity index (χ0) is 11.6. The number of aromatic nitrogens is 2. The summed E-state index contributed by atoms with van der Waals surface area (Å²) in [5.74, 6) is -1.03. The summed E-state index contributed by atoms with van der Waals surface area (Å²) in [7, 11) is 0. The Kier molecular flexibility index (Phi) is 3.24. The van der Waals surface area contributed by atoms with E-state index in [4.69, 9.17) is 9.84 Å². The monoisotopic (exact) mass is 210 g/mol. The molecule has 1 aromatic rings. The van der Waals surface area contributed by atoms with Crippen molar-refractivity contribution < 1.29 is 14.6 Å². The van der Waals surface area contributed by atoms with E-state index in [1.165, 1.54) is 6.92 Å². The number of aliphatic carboxylic acids is 1. The normalized spacial score (nSPS) is 12.3.